The molecule has 0 spiro atoms. The fourth-order valence-corrected chi connectivity index (χ4v) is 4.29. The van der Waals surface area contributed by atoms with Crippen molar-refractivity contribution in [2.75, 3.05) is 11.1 Å². The lowest BCUT2D eigenvalue weighted by Gasteiger charge is -2.04. The Morgan fingerprint density at radius 1 is 1.07 bits per heavy atom. The summed E-state index contributed by atoms with van der Waals surface area (Å²) in [7, 11) is 0. The number of nitrogens with zero attached hydrogens (tertiary/aromatic N) is 1. The number of thiazole rings is 1. The minimum atomic E-state index is 0.0290. The van der Waals surface area contributed by atoms with Gasteiger partial charge in [-0.2, -0.15) is 0 Å². The number of hydrogen-bond acceptors (Lipinski definition) is 4. The molecule has 1 N–H and O–H groups in total. The van der Waals surface area contributed by atoms with Gasteiger partial charge < -0.3 is 5.32 Å². The molecule has 0 radical (unpaired) electrons. The van der Waals surface area contributed by atoms with Gasteiger partial charge in [0, 0.05) is 22.3 Å². The van der Waals surface area contributed by atoms with Gasteiger partial charge in [-0.25, -0.2) is 4.98 Å². The Bertz CT molecular complexity index is 916. The molecular formula is C22H24N2OS2. The molecule has 3 rings (SSSR count). The van der Waals surface area contributed by atoms with Crippen LogP contribution in [0.5, 0.6) is 0 Å². The monoisotopic (exact) mass is 396 g/mol. The zero-order valence-electron chi connectivity index (χ0n) is 15.9. The standard InChI is InChI=1S/C22H24N2OS2/c1-15-7-10-18(11-8-15)26-12-4-5-21(25)24-22-23-20(14-27-22)19-13-16(2)6-9-17(19)3/h6-11,13-14H,4-5,12H2,1-3H3,(H,23,24,25). The van der Waals surface area contributed by atoms with E-state index in [1.54, 1.807) is 11.8 Å². The summed E-state index contributed by atoms with van der Waals surface area (Å²) in [5.74, 6) is 0.962. The summed E-state index contributed by atoms with van der Waals surface area (Å²) in [6.45, 7) is 6.24. The summed E-state index contributed by atoms with van der Waals surface area (Å²) in [4.78, 5) is 18.0. The first-order chi connectivity index (χ1) is 13.0. The van der Waals surface area contributed by atoms with E-state index in [0.29, 0.717) is 11.6 Å². The smallest absolute Gasteiger partial charge is 0.226 e. The molecule has 1 aromatic heterocycles. The first kappa shape index (κ1) is 19.6. The van der Waals surface area contributed by atoms with E-state index in [0.717, 1.165) is 23.4 Å². The van der Waals surface area contributed by atoms with Crippen molar-refractivity contribution in [2.45, 2.75) is 38.5 Å². The largest absolute Gasteiger partial charge is 0.302 e. The highest BCUT2D eigenvalue weighted by Crippen LogP contribution is 2.28. The maximum absolute atomic E-state index is 12.2. The van der Waals surface area contributed by atoms with Gasteiger partial charge in [0.2, 0.25) is 5.91 Å². The van der Waals surface area contributed by atoms with Gasteiger partial charge in [-0.15, -0.1) is 23.1 Å². The third-order valence-corrected chi connectivity index (χ3v) is 6.11. The second-order valence-electron chi connectivity index (χ2n) is 6.67. The molecule has 0 aliphatic heterocycles. The summed E-state index contributed by atoms with van der Waals surface area (Å²) >= 11 is 3.27. The van der Waals surface area contributed by atoms with E-state index in [1.807, 2.05) is 5.38 Å². The number of amides is 1. The first-order valence-electron chi connectivity index (χ1n) is 9.04. The highest BCUT2D eigenvalue weighted by atomic mass is 32.2. The van der Waals surface area contributed by atoms with Gasteiger partial charge in [-0.05, 0) is 56.7 Å². The topological polar surface area (TPSA) is 42.0 Å². The Hall–Kier alpha value is -2.11. The van der Waals surface area contributed by atoms with Crippen molar-refractivity contribution in [1.82, 2.24) is 4.98 Å². The van der Waals surface area contributed by atoms with Crippen LogP contribution in [0.15, 0.2) is 52.7 Å². The molecule has 3 aromatic rings. The molecule has 1 amide bonds. The molecule has 2 aromatic carbocycles. The van der Waals surface area contributed by atoms with Crippen LogP contribution in [0.4, 0.5) is 5.13 Å². The van der Waals surface area contributed by atoms with Crippen LogP contribution in [0.1, 0.15) is 29.5 Å². The Kier molecular flexibility index (Phi) is 6.69. The second-order valence-corrected chi connectivity index (χ2v) is 8.70. The zero-order chi connectivity index (χ0) is 19.2. The lowest BCUT2D eigenvalue weighted by Crippen LogP contribution is -2.11. The summed E-state index contributed by atoms with van der Waals surface area (Å²) in [5, 5.41) is 5.60. The van der Waals surface area contributed by atoms with Crippen LogP contribution in [0.3, 0.4) is 0 Å². The van der Waals surface area contributed by atoms with E-state index in [9.17, 15) is 4.79 Å². The maximum Gasteiger partial charge on any atom is 0.226 e. The van der Waals surface area contributed by atoms with Crippen molar-refractivity contribution in [3.05, 3.63) is 64.5 Å². The van der Waals surface area contributed by atoms with Crippen molar-refractivity contribution < 1.29 is 4.79 Å². The molecule has 0 atom stereocenters. The number of hydrogen-bond donors (Lipinski definition) is 1. The average molecular weight is 397 g/mol. The van der Waals surface area contributed by atoms with Crippen LogP contribution in [0.25, 0.3) is 11.3 Å². The predicted molar refractivity (Wildman–Crippen MR) is 117 cm³/mol. The number of rotatable bonds is 7. The number of aromatic nitrogens is 1. The predicted octanol–water partition coefficient (Wildman–Crippen LogP) is 6.25. The van der Waals surface area contributed by atoms with E-state index >= 15 is 0 Å². The van der Waals surface area contributed by atoms with Crippen molar-refractivity contribution in [2.24, 2.45) is 0 Å². The number of anilines is 1. The SMILES string of the molecule is Cc1ccc(SCCCC(=O)Nc2nc(-c3cc(C)ccc3C)cs2)cc1. The van der Waals surface area contributed by atoms with Gasteiger partial charge in [0.05, 0.1) is 5.69 Å². The lowest BCUT2D eigenvalue weighted by atomic mass is 10.0. The van der Waals surface area contributed by atoms with Crippen LogP contribution in [-0.2, 0) is 4.79 Å². The van der Waals surface area contributed by atoms with E-state index in [4.69, 9.17) is 0 Å². The van der Waals surface area contributed by atoms with Crippen LogP contribution in [-0.4, -0.2) is 16.6 Å². The second kappa shape index (κ2) is 9.20. The van der Waals surface area contributed by atoms with Crippen LogP contribution in [0, 0.1) is 20.8 Å². The van der Waals surface area contributed by atoms with Gasteiger partial charge >= 0.3 is 0 Å². The van der Waals surface area contributed by atoms with Gasteiger partial charge in [0.25, 0.3) is 0 Å². The van der Waals surface area contributed by atoms with E-state index < -0.39 is 0 Å². The Balaban J connectivity index is 1.48. The molecule has 0 saturated heterocycles. The fraction of sp³-hybridized carbons (Fsp3) is 0.273. The minimum Gasteiger partial charge on any atom is -0.302 e. The van der Waals surface area contributed by atoms with Crippen molar-refractivity contribution in [1.29, 1.82) is 0 Å². The third-order valence-electron chi connectivity index (χ3n) is 4.26. The summed E-state index contributed by atoms with van der Waals surface area (Å²) in [6.07, 6.45) is 1.36. The van der Waals surface area contributed by atoms with E-state index in [-0.39, 0.29) is 5.91 Å². The number of nitrogens with one attached hydrogen (secondary N) is 1. The molecule has 3 nitrogen and oxygen atoms in total. The normalized spacial score (nSPS) is 10.8. The molecule has 0 unspecified atom stereocenters. The first-order valence-corrected chi connectivity index (χ1v) is 10.9. The molecule has 140 valence electrons. The summed E-state index contributed by atoms with van der Waals surface area (Å²) < 4.78 is 0. The zero-order valence-corrected chi connectivity index (χ0v) is 17.5. The fourth-order valence-electron chi connectivity index (χ4n) is 2.71. The third kappa shape index (κ3) is 5.68. The van der Waals surface area contributed by atoms with E-state index in [1.165, 1.54) is 32.9 Å². The van der Waals surface area contributed by atoms with Crippen LogP contribution < -0.4 is 5.32 Å². The number of carbonyl (C=O) groups excluding carboxylic acids is 1. The molecule has 1 heterocycles. The Labute approximate surface area is 169 Å². The van der Waals surface area contributed by atoms with Crippen molar-refractivity contribution >= 4 is 34.1 Å². The number of carbonyl (C=O) groups is 1. The van der Waals surface area contributed by atoms with Gasteiger partial charge in [0.15, 0.2) is 5.13 Å². The van der Waals surface area contributed by atoms with Crippen molar-refractivity contribution in [3.63, 3.8) is 0 Å². The number of aryl methyl sites for hydroxylation is 3. The minimum absolute atomic E-state index is 0.0290. The number of thioether (sulfide) groups is 1. The summed E-state index contributed by atoms with van der Waals surface area (Å²) in [5.41, 5.74) is 5.72. The number of benzene rings is 2. The highest BCUT2D eigenvalue weighted by Gasteiger charge is 2.10. The summed E-state index contributed by atoms with van der Waals surface area (Å²) in [6, 6.07) is 14.8. The molecule has 5 heteroatoms. The van der Waals surface area contributed by atoms with Crippen molar-refractivity contribution in [3.8, 4) is 11.3 Å². The molecule has 0 aliphatic carbocycles. The highest BCUT2D eigenvalue weighted by molar-refractivity contribution is 7.99. The molecule has 0 bridgehead atoms. The molecule has 0 saturated carbocycles. The molecule has 0 fully saturated rings. The quantitative estimate of drug-likeness (QED) is 0.379. The lowest BCUT2D eigenvalue weighted by molar-refractivity contribution is -0.116. The van der Waals surface area contributed by atoms with Gasteiger partial charge in [0.1, 0.15) is 0 Å². The van der Waals surface area contributed by atoms with E-state index in [2.05, 4.69) is 73.5 Å². The molecule has 27 heavy (non-hydrogen) atoms. The van der Waals surface area contributed by atoms with Gasteiger partial charge in [-0.3, -0.25) is 4.79 Å². The Morgan fingerprint density at radius 3 is 2.59 bits per heavy atom. The Morgan fingerprint density at radius 2 is 1.81 bits per heavy atom. The maximum atomic E-state index is 12.2. The van der Waals surface area contributed by atoms with Gasteiger partial charge in [-0.1, -0.05) is 35.4 Å². The average Bonchev–Trinajstić information content (AvgIpc) is 3.10. The molecular weight excluding hydrogens is 372 g/mol. The van der Waals surface area contributed by atoms with Crippen LogP contribution in [0.2, 0.25) is 0 Å². The van der Waals surface area contributed by atoms with Crippen LogP contribution >= 0.6 is 23.1 Å². The molecule has 0 aliphatic rings.